The topological polar surface area (TPSA) is 49.4 Å². The van der Waals surface area contributed by atoms with E-state index in [1.807, 2.05) is 0 Å². The third-order valence-electron chi connectivity index (χ3n) is 5.05. The molecule has 2 aliphatic heterocycles. The maximum atomic E-state index is 11.7. The standard InChI is InChI=1S/C17H32N2O2S2/c1-2-3-4-5-6-7-8-9-10-11-12-19-16-14-23(20,21)13-15(16)18-17(19)22/h15-16H,2-14H2,1H3,(H,18,22)/t15-,16+/m0/s1. The van der Waals surface area contributed by atoms with Gasteiger partial charge >= 0.3 is 0 Å². The molecule has 0 amide bonds. The first-order chi connectivity index (χ1) is 11.0. The van der Waals surface area contributed by atoms with Gasteiger partial charge in [-0.2, -0.15) is 0 Å². The quantitative estimate of drug-likeness (QED) is 0.453. The first-order valence-electron chi connectivity index (χ1n) is 9.31. The Labute approximate surface area is 147 Å². The van der Waals surface area contributed by atoms with Gasteiger partial charge in [-0.25, -0.2) is 8.42 Å². The van der Waals surface area contributed by atoms with Crippen molar-refractivity contribution >= 4 is 27.2 Å². The zero-order chi connectivity index (χ0) is 16.7. The fourth-order valence-electron chi connectivity index (χ4n) is 3.70. The highest BCUT2D eigenvalue weighted by molar-refractivity contribution is 7.91. The highest BCUT2D eigenvalue weighted by Gasteiger charge is 2.46. The summed E-state index contributed by atoms with van der Waals surface area (Å²) in [7, 11) is -2.88. The summed E-state index contributed by atoms with van der Waals surface area (Å²) in [5.41, 5.74) is 0. The van der Waals surface area contributed by atoms with Crippen molar-refractivity contribution in [1.82, 2.24) is 10.2 Å². The molecule has 23 heavy (non-hydrogen) atoms. The summed E-state index contributed by atoms with van der Waals surface area (Å²) in [6.45, 7) is 3.16. The minimum atomic E-state index is -2.88. The largest absolute Gasteiger partial charge is 0.357 e. The van der Waals surface area contributed by atoms with Crippen molar-refractivity contribution in [3.63, 3.8) is 0 Å². The van der Waals surface area contributed by atoms with Gasteiger partial charge in [-0.1, -0.05) is 64.7 Å². The first kappa shape index (κ1) is 19.0. The molecule has 1 N–H and O–H groups in total. The lowest BCUT2D eigenvalue weighted by atomic mass is 10.1. The van der Waals surface area contributed by atoms with Gasteiger partial charge in [-0.15, -0.1) is 0 Å². The van der Waals surface area contributed by atoms with E-state index in [9.17, 15) is 8.42 Å². The van der Waals surface area contributed by atoms with E-state index in [4.69, 9.17) is 12.2 Å². The molecule has 0 radical (unpaired) electrons. The normalized spacial score (nSPS) is 25.6. The summed E-state index contributed by atoms with van der Waals surface area (Å²) < 4.78 is 23.5. The van der Waals surface area contributed by atoms with Crippen LogP contribution in [0.15, 0.2) is 0 Å². The molecule has 2 atom stereocenters. The van der Waals surface area contributed by atoms with E-state index in [0.29, 0.717) is 0 Å². The molecule has 0 aliphatic carbocycles. The van der Waals surface area contributed by atoms with Crippen molar-refractivity contribution in [1.29, 1.82) is 0 Å². The van der Waals surface area contributed by atoms with Crippen LogP contribution in [0.5, 0.6) is 0 Å². The molecule has 6 heteroatoms. The second-order valence-electron chi connectivity index (χ2n) is 7.08. The Balaban J connectivity index is 1.53. The second-order valence-corrected chi connectivity index (χ2v) is 9.62. The Morgan fingerprint density at radius 3 is 2.17 bits per heavy atom. The lowest BCUT2D eigenvalue weighted by molar-refractivity contribution is 0.344. The summed E-state index contributed by atoms with van der Waals surface area (Å²) in [5, 5.41) is 3.94. The molecule has 134 valence electrons. The maximum absolute atomic E-state index is 11.7. The van der Waals surface area contributed by atoms with Gasteiger partial charge in [0.25, 0.3) is 0 Å². The van der Waals surface area contributed by atoms with Crippen molar-refractivity contribution in [3.8, 4) is 0 Å². The number of hydrogen-bond donors (Lipinski definition) is 1. The molecule has 0 spiro atoms. The van der Waals surface area contributed by atoms with Crippen LogP contribution in [0.4, 0.5) is 0 Å². The highest BCUT2D eigenvalue weighted by Crippen LogP contribution is 2.24. The zero-order valence-corrected chi connectivity index (χ0v) is 16.1. The third kappa shape index (κ3) is 5.89. The SMILES string of the molecule is CCCCCCCCCCCCN1C(=S)N[C@H]2CS(=O)(=O)C[C@H]21. The van der Waals surface area contributed by atoms with Gasteiger partial charge in [0.1, 0.15) is 0 Å². The summed E-state index contributed by atoms with van der Waals surface area (Å²) in [4.78, 5) is 2.12. The highest BCUT2D eigenvalue weighted by atomic mass is 32.2. The number of fused-ring (bicyclic) bond motifs is 1. The Morgan fingerprint density at radius 2 is 1.57 bits per heavy atom. The molecule has 2 heterocycles. The monoisotopic (exact) mass is 360 g/mol. The maximum Gasteiger partial charge on any atom is 0.169 e. The second kappa shape index (κ2) is 9.21. The fraction of sp³-hybridized carbons (Fsp3) is 0.941. The van der Waals surface area contributed by atoms with Crippen molar-refractivity contribution in [2.45, 2.75) is 83.2 Å². The van der Waals surface area contributed by atoms with Crippen LogP contribution in [-0.2, 0) is 9.84 Å². The molecule has 2 aliphatic rings. The van der Waals surface area contributed by atoms with Crippen LogP contribution in [0.25, 0.3) is 0 Å². The first-order valence-corrected chi connectivity index (χ1v) is 11.5. The Hall–Kier alpha value is -0.360. The van der Waals surface area contributed by atoms with Gasteiger partial charge in [-0.05, 0) is 18.6 Å². The number of sulfone groups is 1. The molecule has 0 bridgehead atoms. The smallest absolute Gasteiger partial charge is 0.169 e. The number of nitrogens with one attached hydrogen (secondary N) is 1. The zero-order valence-electron chi connectivity index (χ0n) is 14.4. The van der Waals surface area contributed by atoms with Crippen LogP contribution in [0.2, 0.25) is 0 Å². The predicted molar refractivity (Wildman–Crippen MR) is 101 cm³/mol. The van der Waals surface area contributed by atoms with Crippen LogP contribution < -0.4 is 5.32 Å². The lowest BCUT2D eigenvalue weighted by Crippen LogP contribution is -2.37. The van der Waals surface area contributed by atoms with E-state index in [0.717, 1.165) is 18.1 Å². The van der Waals surface area contributed by atoms with Gasteiger partial charge in [0.2, 0.25) is 0 Å². The average molecular weight is 361 g/mol. The average Bonchev–Trinajstić information content (AvgIpc) is 2.92. The summed E-state index contributed by atoms with van der Waals surface area (Å²) in [6, 6.07) is 0.0988. The molecule has 0 aromatic heterocycles. The van der Waals surface area contributed by atoms with Crippen LogP contribution >= 0.6 is 12.2 Å². The third-order valence-corrected chi connectivity index (χ3v) is 7.11. The van der Waals surface area contributed by atoms with Crippen LogP contribution in [0, 0.1) is 0 Å². The molecule has 0 saturated carbocycles. The molecule has 2 saturated heterocycles. The number of hydrogen-bond acceptors (Lipinski definition) is 3. The Kier molecular flexibility index (Phi) is 7.60. The Bertz CT molecular complexity index is 479. The van der Waals surface area contributed by atoms with E-state index in [-0.39, 0.29) is 23.6 Å². The van der Waals surface area contributed by atoms with Gasteiger partial charge in [-0.3, -0.25) is 0 Å². The number of nitrogens with zero attached hydrogens (tertiary/aromatic N) is 1. The minimum absolute atomic E-state index is 0.0237. The number of thiocarbonyl (C=S) groups is 1. The number of rotatable bonds is 11. The summed E-state index contributed by atoms with van der Waals surface area (Å²) in [6.07, 6.45) is 13.2. The molecule has 2 fully saturated rings. The molecule has 2 rings (SSSR count). The van der Waals surface area contributed by atoms with Crippen LogP contribution in [0.1, 0.15) is 71.1 Å². The van der Waals surface area contributed by atoms with E-state index < -0.39 is 9.84 Å². The van der Waals surface area contributed by atoms with E-state index in [1.165, 1.54) is 57.8 Å². The molecular formula is C17H32N2O2S2. The van der Waals surface area contributed by atoms with Crippen molar-refractivity contribution in [3.05, 3.63) is 0 Å². The Morgan fingerprint density at radius 1 is 1.00 bits per heavy atom. The van der Waals surface area contributed by atoms with Crippen molar-refractivity contribution in [2.75, 3.05) is 18.1 Å². The fourth-order valence-corrected chi connectivity index (χ4v) is 6.00. The molecule has 0 aromatic carbocycles. The summed E-state index contributed by atoms with van der Waals surface area (Å²) in [5.74, 6) is 0.509. The van der Waals surface area contributed by atoms with Gasteiger partial charge in [0, 0.05) is 6.54 Å². The van der Waals surface area contributed by atoms with E-state index in [1.54, 1.807) is 0 Å². The number of unbranched alkanes of at least 4 members (excludes halogenated alkanes) is 9. The van der Waals surface area contributed by atoms with E-state index in [2.05, 4.69) is 17.1 Å². The van der Waals surface area contributed by atoms with Crippen LogP contribution in [0.3, 0.4) is 0 Å². The molecule has 4 nitrogen and oxygen atoms in total. The molecular weight excluding hydrogens is 328 g/mol. The van der Waals surface area contributed by atoms with E-state index >= 15 is 0 Å². The molecule has 0 aromatic rings. The lowest BCUT2D eigenvalue weighted by Gasteiger charge is -2.23. The minimum Gasteiger partial charge on any atom is -0.357 e. The summed E-state index contributed by atoms with van der Waals surface area (Å²) >= 11 is 5.36. The van der Waals surface area contributed by atoms with Crippen molar-refractivity contribution < 1.29 is 8.42 Å². The van der Waals surface area contributed by atoms with Gasteiger partial charge in [0.15, 0.2) is 14.9 Å². The van der Waals surface area contributed by atoms with Gasteiger partial charge < -0.3 is 10.2 Å². The van der Waals surface area contributed by atoms with Gasteiger partial charge in [0.05, 0.1) is 23.6 Å². The molecule has 0 unspecified atom stereocenters. The van der Waals surface area contributed by atoms with Crippen molar-refractivity contribution in [2.24, 2.45) is 0 Å². The van der Waals surface area contributed by atoms with Crippen LogP contribution in [-0.4, -0.2) is 48.6 Å². The predicted octanol–water partition coefficient (Wildman–Crippen LogP) is 3.26.